The van der Waals surface area contributed by atoms with E-state index in [0.717, 1.165) is 4.90 Å². The first-order valence-electron chi connectivity index (χ1n) is 43.9. The summed E-state index contributed by atoms with van der Waals surface area (Å²) in [5, 5.41) is 94.1. The Hall–Kier alpha value is -13.0. The molecule has 39 nitrogen and oxygen atoms in total. The number of aliphatic hydroxyl groups excluding tert-OH is 1. The number of aromatic hydroxyl groups is 2. The summed E-state index contributed by atoms with van der Waals surface area (Å²) in [4.78, 5) is 234. The predicted octanol–water partition coefficient (Wildman–Crippen LogP) is 1.61. The van der Waals surface area contributed by atoms with Gasteiger partial charge in [0.1, 0.15) is 90.0 Å². The number of nitrogens with two attached hydrogens (primary N) is 2. The van der Waals surface area contributed by atoms with Crippen molar-refractivity contribution in [2.75, 3.05) is 13.1 Å². The van der Waals surface area contributed by atoms with Gasteiger partial charge in [-0.15, -0.1) is 0 Å². The van der Waals surface area contributed by atoms with E-state index in [1.54, 1.807) is 116 Å². The number of carbonyl (C=O) groups is 16. The molecule has 24 N–H and O–H groups in total. The van der Waals surface area contributed by atoms with Crippen molar-refractivity contribution >= 4 is 117 Å². The van der Waals surface area contributed by atoms with Gasteiger partial charge in [-0.25, -0.2) is 4.79 Å². The summed E-state index contributed by atoms with van der Waals surface area (Å²) in [5.41, 5.74) is 15.1. The number of aliphatic carboxylic acids is 3. The molecule has 0 spiro atoms. The van der Waals surface area contributed by atoms with Crippen LogP contribution >= 0.6 is 0 Å². The number of nitrogens with zero attached hydrogens (tertiary/aromatic N) is 1. The van der Waals surface area contributed by atoms with Crippen LogP contribution in [-0.4, -0.2) is 244 Å². The number of nitrogens with one attached hydrogen (secondary N) is 14. The first-order chi connectivity index (χ1) is 61.5. The van der Waals surface area contributed by atoms with Crippen molar-refractivity contribution in [1.29, 1.82) is 0 Å². The number of hydrogen-bond donors (Lipinski definition) is 22. The van der Waals surface area contributed by atoms with E-state index in [1.807, 2.05) is 0 Å². The number of H-pyrrole nitrogens is 2. The number of benzene rings is 4. The summed E-state index contributed by atoms with van der Waals surface area (Å²) >= 11 is 0. The van der Waals surface area contributed by atoms with E-state index >= 15 is 19.2 Å². The molecule has 6 aromatic rings. The lowest BCUT2D eigenvalue weighted by atomic mass is 9.98. The van der Waals surface area contributed by atoms with Crippen LogP contribution in [0.3, 0.4) is 0 Å². The van der Waals surface area contributed by atoms with E-state index in [0.29, 0.717) is 50.5 Å². The molecule has 0 saturated carbocycles. The van der Waals surface area contributed by atoms with E-state index in [4.69, 9.17) is 11.5 Å². The van der Waals surface area contributed by atoms with Crippen molar-refractivity contribution in [2.24, 2.45) is 35.1 Å². The minimum Gasteiger partial charge on any atom is -0.508 e. The van der Waals surface area contributed by atoms with Crippen molar-refractivity contribution in [1.82, 2.24) is 78.7 Å². The summed E-state index contributed by atoms with van der Waals surface area (Å²) in [5.74, 6) is -18.0. The molecular weight excluding hydrogens is 1680 g/mol. The van der Waals surface area contributed by atoms with Crippen molar-refractivity contribution in [3.8, 4) is 11.5 Å². The number of phenols is 2. The van der Waals surface area contributed by atoms with Crippen LogP contribution in [-0.2, 0) is 102 Å². The molecule has 7 rings (SSSR count). The molecule has 0 aliphatic carbocycles. The lowest BCUT2D eigenvalue weighted by molar-refractivity contribution is -0.146. The van der Waals surface area contributed by atoms with Crippen LogP contribution in [0.5, 0.6) is 11.5 Å². The van der Waals surface area contributed by atoms with Gasteiger partial charge in [0.15, 0.2) is 0 Å². The topological polar surface area (TPSA) is 626 Å². The Bertz CT molecular complexity index is 4920. The Morgan fingerprint density at radius 2 is 0.769 bits per heavy atom. The summed E-state index contributed by atoms with van der Waals surface area (Å²) in [6, 6.07) is 4.33. The lowest BCUT2D eigenvalue weighted by Crippen LogP contribution is -2.62. The molecule has 39 heteroatoms. The molecule has 0 unspecified atom stereocenters. The van der Waals surface area contributed by atoms with Crippen LogP contribution in [0.15, 0.2) is 109 Å². The SMILES string of the molecule is CC(C)C[C@H](NC(=O)[C@H](CC(C)C)NC(=O)[C@H](Cc1c[nH]c2ccccc12)NC(=O)[C@H](CC(C)C)NC(=O)[C@H](CCCCN)NC(=O)[C@@H](NC(=O)[C@H](CC(C)C)NC(=O)[C@@H]1CCCN1C(=O)[C@H](CC(=O)O)NC(=O)[C@H](Cc1ccc(O)cc1)NC(=O)[C@H](Cc1c[nH]c2ccccc12)NC(=O)[C@H](Cc1ccc(O)cc1)NC(=O)[C@H](C)N)[C@@H](C)O)C(=O)N[C@@H](CCC(=O)O)C(=O)O. The number of aliphatic hydroxyl groups is 1. The Balaban J connectivity index is 1.09. The Kier molecular flexibility index (Phi) is 40.1. The molecule has 1 aliphatic heterocycles. The monoisotopic (exact) mass is 1810 g/mol. The van der Waals surface area contributed by atoms with E-state index in [9.17, 15) is 88.2 Å². The third-order valence-electron chi connectivity index (χ3n) is 22.0. The smallest absolute Gasteiger partial charge is 0.326 e. The van der Waals surface area contributed by atoms with Gasteiger partial charge in [0.05, 0.1) is 18.6 Å². The Morgan fingerprint density at radius 1 is 0.408 bits per heavy atom. The van der Waals surface area contributed by atoms with Crippen LogP contribution < -0.4 is 75.3 Å². The molecule has 15 atom stereocenters. The number of carboxylic acids is 3. The molecule has 1 aliphatic rings. The van der Waals surface area contributed by atoms with Gasteiger partial charge in [-0.3, -0.25) is 71.9 Å². The van der Waals surface area contributed by atoms with Crippen LogP contribution in [0, 0.1) is 23.7 Å². The number of fused-ring (bicyclic) bond motifs is 2. The van der Waals surface area contributed by atoms with Crippen molar-refractivity contribution in [3.63, 3.8) is 0 Å². The maximum Gasteiger partial charge on any atom is 0.326 e. The first kappa shape index (κ1) is 104. The second kappa shape index (κ2) is 50.1. The van der Waals surface area contributed by atoms with Gasteiger partial charge in [-0.2, -0.15) is 0 Å². The number of unbranched alkanes of at least 4 members (excludes halogenated alkanes) is 1. The van der Waals surface area contributed by atoms with E-state index in [2.05, 4.69) is 73.8 Å². The lowest BCUT2D eigenvalue weighted by Gasteiger charge is -2.31. The van der Waals surface area contributed by atoms with Gasteiger partial charge in [-0.05, 0) is 167 Å². The van der Waals surface area contributed by atoms with Crippen molar-refractivity contribution in [3.05, 3.63) is 132 Å². The summed E-state index contributed by atoms with van der Waals surface area (Å²) < 4.78 is 0. The number of hydrogen-bond acceptors (Lipinski definition) is 21. The van der Waals surface area contributed by atoms with Gasteiger partial charge in [0, 0.05) is 72.8 Å². The fraction of sp³-hybridized carbons (Fsp3) is 0.516. The zero-order chi connectivity index (χ0) is 95.9. The Labute approximate surface area is 753 Å². The number of rotatable bonds is 52. The van der Waals surface area contributed by atoms with E-state index in [-0.39, 0.29) is 125 Å². The largest absolute Gasteiger partial charge is 0.508 e. The van der Waals surface area contributed by atoms with Gasteiger partial charge in [0.25, 0.3) is 0 Å². The Morgan fingerprint density at radius 3 is 1.16 bits per heavy atom. The molecular formula is C91H127N17O22. The quantitative estimate of drug-likeness (QED) is 0.0241. The highest BCUT2D eigenvalue weighted by atomic mass is 16.4. The first-order valence-corrected chi connectivity index (χ1v) is 43.9. The fourth-order valence-electron chi connectivity index (χ4n) is 15.3. The zero-order valence-electron chi connectivity index (χ0n) is 74.9. The highest BCUT2D eigenvalue weighted by Crippen LogP contribution is 2.26. The minimum absolute atomic E-state index is 0.00246. The molecule has 3 heterocycles. The maximum absolute atomic E-state index is 15.1. The molecule has 1 fully saturated rings. The molecule has 4 aromatic carbocycles. The number of phenolic OH excluding ortho intramolecular Hbond substituents is 2. The molecule has 2 aromatic heterocycles. The highest BCUT2D eigenvalue weighted by Gasteiger charge is 2.43. The van der Waals surface area contributed by atoms with Gasteiger partial charge in [0.2, 0.25) is 76.8 Å². The molecule has 130 heavy (non-hydrogen) atoms. The number of aromatic nitrogens is 2. The predicted molar refractivity (Wildman–Crippen MR) is 478 cm³/mol. The normalized spacial score (nSPS) is 15.9. The van der Waals surface area contributed by atoms with Crippen LogP contribution in [0.4, 0.5) is 0 Å². The number of likely N-dealkylation sites (tertiary alicyclic amines) is 1. The number of carbonyl (C=O) groups excluding carboxylic acids is 13. The van der Waals surface area contributed by atoms with Gasteiger partial charge in [-0.1, -0.05) is 116 Å². The molecule has 13 amide bonds. The van der Waals surface area contributed by atoms with Crippen LogP contribution in [0.1, 0.15) is 169 Å². The second-order valence-electron chi connectivity index (χ2n) is 34.9. The minimum atomic E-state index is -1.94. The van der Waals surface area contributed by atoms with Gasteiger partial charge >= 0.3 is 17.9 Å². The van der Waals surface area contributed by atoms with Crippen LogP contribution in [0.25, 0.3) is 21.8 Å². The number of para-hydroxylation sites is 2. The van der Waals surface area contributed by atoms with Crippen molar-refractivity contribution in [2.45, 2.75) is 263 Å². The fourth-order valence-corrected chi connectivity index (χ4v) is 15.3. The molecule has 708 valence electrons. The highest BCUT2D eigenvalue weighted by molar-refractivity contribution is 6.02. The zero-order valence-corrected chi connectivity index (χ0v) is 74.9. The number of amides is 13. The second-order valence-corrected chi connectivity index (χ2v) is 34.9. The van der Waals surface area contributed by atoms with Crippen LogP contribution in [0.2, 0.25) is 0 Å². The average Bonchev–Trinajstić information content (AvgIpc) is 1.68. The van der Waals surface area contributed by atoms with Crippen molar-refractivity contribution < 1.29 is 107 Å². The maximum atomic E-state index is 15.1. The third kappa shape index (κ3) is 32.3. The van der Waals surface area contributed by atoms with E-state index in [1.165, 1.54) is 62.4 Å². The molecule has 1 saturated heterocycles. The average molecular weight is 1810 g/mol. The standard InChI is InChI=1S/C91H127N17O22/c1-47(2)36-65(80(118)97-64(91(129)130)32-33-75(112)113)100-81(119)67(38-49(5)6)101-85(123)71(42-55-45-94-61-20-13-11-18-59(55)61)103-82(120)66(37-48(3)4)99-79(117)63(22-15-16-34-92)96-89(127)77(52(10)109)107-87(125)68(39-50(7)8)105-88(126)74-23-17-35-108(74)90(128)73(44-76(114)115)106-84(122)70(41-54-26-30-58(111)31-27-54)102-86(124)72(43-56-46-95-62-21-14-12-19-60(56)62)104-83(121)69(98-78(116)51(9)93)40-53-24-28-57(110)29-25-53/h11-14,18-21,24-31,45-52,63-74,77,94-95,109-111H,15-17,22-23,32-44,92-93H2,1-10H3,(H,96,127)(H,97,118)(H,98,116)(H,99,117)(H,100,119)(H,101,123)(H,102,124)(H,103,120)(H,104,121)(H,105,126)(H,106,122)(H,107,125)(H,112,113)(H,114,115)(H,129,130)/t51-,52+,63-,64-,65-,66-,67-,68-,69-,70-,71-,72-,73-,74-,77-/m0/s1. The molecule has 0 bridgehead atoms. The number of carboxylic acid groups (broad SMARTS) is 3. The summed E-state index contributed by atoms with van der Waals surface area (Å²) in [6.45, 7) is 16.5. The van der Waals surface area contributed by atoms with E-state index < -0.39 is 205 Å². The summed E-state index contributed by atoms with van der Waals surface area (Å²) in [6.07, 6.45) is -1.13. The molecule has 0 radical (unpaired) electrons. The summed E-state index contributed by atoms with van der Waals surface area (Å²) in [7, 11) is 0. The third-order valence-corrected chi connectivity index (χ3v) is 22.0. The number of aromatic amines is 2. The van der Waals surface area contributed by atoms with Gasteiger partial charge < -0.3 is 121 Å².